The van der Waals surface area contributed by atoms with Crippen molar-refractivity contribution in [2.75, 3.05) is 6.61 Å². The zero-order chi connectivity index (χ0) is 27.4. The summed E-state index contributed by atoms with van der Waals surface area (Å²) in [5.74, 6) is 0.649. The third-order valence-corrected chi connectivity index (χ3v) is 6.11. The van der Waals surface area contributed by atoms with Crippen LogP contribution in [0, 0.1) is 13.8 Å². The van der Waals surface area contributed by atoms with Crippen LogP contribution >= 0.6 is 0 Å². The van der Waals surface area contributed by atoms with Crippen LogP contribution in [-0.4, -0.2) is 28.5 Å². The Morgan fingerprint density at radius 1 is 0.897 bits per heavy atom. The van der Waals surface area contributed by atoms with Crippen LogP contribution in [0.5, 0.6) is 11.5 Å². The van der Waals surface area contributed by atoms with Crippen LogP contribution in [0.25, 0.3) is 22.3 Å². The van der Waals surface area contributed by atoms with E-state index in [2.05, 4.69) is 5.10 Å². The van der Waals surface area contributed by atoms with Gasteiger partial charge in [0.25, 0.3) is 5.56 Å². The summed E-state index contributed by atoms with van der Waals surface area (Å²) in [5.41, 5.74) is 4.30. The van der Waals surface area contributed by atoms with Crippen molar-refractivity contribution >= 4 is 23.1 Å². The first-order chi connectivity index (χ1) is 18.9. The predicted molar refractivity (Wildman–Crippen MR) is 153 cm³/mol. The lowest BCUT2D eigenvalue weighted by atomic mass is 10.1. The number of hydrogen-bond acceptors (Lipinski definition) is 6. The molecule has 0 amide bonds. The minimum atomic E-state index is -0.478. The Hall–Kier alpha value is -5.04. The first-order valence-corrected chi connectivity index (χ1v) is 12.6. The highest BCUT2D eigenvalue weighted by atomic mass is 16.6. The highest BCUT2D eigenvalue weighted by Gasteiger charge is 2.15. The predicted octanol–water partition coefficient (Wildman–Crippen LogP) is 6.18. The van der Waals surface area contributed by atoms with Gasteiger partial charge in [0.1, 0.15) is 0 Å². The van der Waals surface area contributed by atoms with Gasteiger partial charge < -0.3 is 9.47 Å². The highest BCUT2D eigenvalue weighted by molar-refractivity contribution is 5.91. The van der Waals surface area contributed by atoms with Gasteiger partial charge in [-0.05, 0) is 74.9 Å². The van der Waals surface area contributed by atoms with Crippen LogP contribution in [0.15, 0.2) is 101 Å². The fourth-order valence-corrected chi connectivity index (χ4v) is 4.13. The van der Waals surface area contributed by atoms with E-state index in [0.29, 0.717) is 46.0 Å². The van der Waals surface area contributed by atoms with Gasteiger partial charge in [0.2, 0.25) is 0 Å². The molecular weight excluding hydrogens is 490 g/mol. The molecule has 0 bridgehead atoms. The number of hydrogen-bond donors (Lipinski definition) is 0. The van der Waals surface area contributed by atoms with Gasteiger partial charge >= 0.3 is 5.97 Å². The van der Waals surface area contributed by atoms with E-state index in [4.69, 9.17) is 14.5 Å². The fraction of sp³-hybridized carbons (Fsp3) is 0.125. The van der Waals surface area contributed by atoms with E-state index in [1.807, 2.05) is 69.3 Å². The second kappa shape index (κ2) is 11.1. The summed E-state index contributed by atoms with van der Waals surface area (Å²) in [6.45, 7) is 6.16. The molecular formula is C32H27N3O4. The standard InChI is InChI=1S/C32H27N3O4/c1-4-38-29-19-23(14-17-28(29)39-32(37)24-15-12-21(2)13-16-24)20-33-35-30(25-9-7-8-22(3)18-25)34-27-11-6-5-10-26(27)31(35)36/h5-20H,4H2,1-3H3. The summed E-state index contributed by atoms with van der Waals surface area (Å²) >= 11 is 0. The van der Waals surface area contributed by atoms with Crippen molar-refractivity contribution in [3.63, 3.8) is 0 Å². The number of ether oxygens (including phenoxy) is 2. The first-order valence-electron chi connectivity index (χ1n) is 12.6. The molecule has 7 nitrogen and oxygen atoms in total. The number of fused-ring (bicyclic) bond motifs is 1. The number of aromatic nitrogens is 2. The van der Waals surface area contributed by atoms with Crippen molar-refractivity contribution in [1.29, 1.82) is 0 Å². The third kappa shape index (κ3) is 5.62. The van der Waals surface area contributed by atoms with Crippen molar-refractivity contribution in [3.05, 3.63) is 124 Å². The van der Waals surface area contributed by atoms with Crippen LogP contribution in [0.4, 0.5) is 0 Å². The molecule has 0 aliphatic carbocycles. The molecule has 7 heteroatoms. The van der Waals surface area contributed by atoms with Crippen LogP contribution in [0.1, 0.15) is 34.0 Å². The maximum Gasteiger partial charge on any atom is 0.343 e. The monoisotopic (exact) mass is 517 g/mol. The number of carbonyl (C=O) groups is 1. The second-order valence-electron chi connectivity index (χ2n) is 9.08. The molecule has 5 rings (SSSR count). The molecule has 0 radical (unpaired) electrons. The molecule has 0 fully saturated rings. The largest absolute Gasteiger partial charge is 0.490 e. The molecule has 194 valence electrons. The molecule has 0 aliphatic rings. The van der Waals surface area contributed by atoms with E-state index < -0.39 is 5.97 Å². The molecule has 0 spiro atoms. The Bertz CT molecular complexity index is 1750. The maximum absolute atomic E-state index is 13.5. The van der Waals surface area contributed by atoms with Crippen molar-refractivity contribution in [3.8, 4) is 22.9 Å². The van der Waals surface area contributed by atoms with Crippen LogP contribution < -0.4 is 15.0 Å². The van der Waals surface area contributed by atoms with E-state index in [-0.39, 0.29) is 5.56 Å². The van der Waals surface area contributed by atoms with Crippen LogP contribution in [-0.2, 0) is 0 Å². The van der Waals surface area contributed by atoms with Gasteiger partial charge in [-0.3, -0.25) is 4.79 Å². The van der Waals surface area contributed by atoms with Gasteiger partial charge in [-0.15, -0.1) is 0 Å². The molecule has 4 aromatic carbocycles. The molecule has 0 aliphatic heterocycles. The van der Waals surface area contributed by atoms with Crippen molar-refractivity contribution in [2.45, 2.75) is 20.8 Å². The summed E-state index contributed by atoms with van der Waals surface area (Å²) in [7, 11) is 0. The molecule has 0 N–H and O–H groups in total. The number of rotatable bonds is 7. The zero-order valence-corrected chi connectivity index (χ0v) is 21.9. The number of nitrogens with zero attached hydrogens (tertiary/aromatic N) is 3. The summed E-state index contributed by atoms with van der Waals surface area (Å²) in [5, 5.41) is 5.00. The van der Waals surface area contributed by atoms with Gasteiger partial charge in [0.15, 0.2) is 17.3 Å². The SMILES string of the molecule is CCOc1cc(C=Nn2c(-c3cccc(C)c3)nc3ccccc3c2=O)ccc1OC(=O)c1ccc(C)cc1. The molecule has 0 atom stereocenters. The first kappa shape index (κ1) is 25.6. The number of para-hydroxylation sites is 1. The zero-order valence-electron chi connectivity index (χ0n) is 21.9. The van der Waals surface area contributed by atoms with Crippen molar-refractivity contribution < 1.29 is 14.3 Å². The van der Waals surface area contributed by atoms with Crippen molar-refractivity contribution in [1.82, 2.24) is 9.66 Å². The minimum absolute atomic E-state index is 0.276. The minimum Gasteiger partial charge on any atom is -0.490 e. The number of benzene rings is 4. The Labute approximate surface area is 226 Å². The molecule has 1 heterocycles. The lowest BCUT2D eigenvalue weighted by Gasteiger charge is -2.12. The average molecular weight is 518 g/mol. The van der Waals surface area contributed by atoms with E-state index in [1.54, 1.807) is 48.7 Å². The van der Waals surface area contributed by atoms with Gasteiger partial charge in [0.05, 0.1) is 29.3 Å². The van der Waals surface area contributed by atoms with E-state index in [0.717, 1.165) is 16.7 Å². The lowest BCUT2D eigenvalue weighted by molar-refractivity contribution is 0.0728. The molecule has 0 saturated heterocycles. The fourth-order valence-electron chi connectivity index (χ4n) is 4.13. The van der Waals surface area contributed by atoms with E-state index in [9.17, 15) is 9.59 Å². The molecule has 0 saturated carbocycles. The number of esters is 1. The average Bonchev–Trinajstić information content (AvgIpc) is 2.94. The topological polar surface area (TPSA) is 82.8 Å². The quantitative estimate of drug-likeness (QED) is 0.146. The van der Waals surface area contributed by atoms with Crippen LogP contribution in [0.3, 0.4) is 0 Å². The summed E-state index contributed by atoms with van der Waals surface area (Å²) in [6, 6.07) is 27.3. The maximum atomic E-state index is 13.5. The third-order valence-electron chi connectivity index (χ3n) is 6.11. The van der Waals surface area contributed by atoms with Crippen LogP contribution in [0.2, 0.25) is 0 Å². The highest BCUT2D eigenvalue weighted by Crippen LogP contribution is 2.29. The lowest BCUT2D eigenvalue weighted by Crippen LogP contribution is -2.20. The Balaban J connectivity index is 1.52. The van der Waals surface area contributed by atoms with Gasteiger partial charge in [-0.1, -0.05) is 53.6 Å². The number of aryl methyl sites for hydroxylation is 2. The summed E-state index contributed by atoms with van der Waals surface area (Å²) in [4.78, 5) is 30.9. The van der Waals surface area contributed by atoms with Gasteiger partial charge in [-0.25, -0.2) is 9.78 Å². The van der Waals surface area contributed by atoms with Gasteiger partial charge in [0, 0.05) is 5.56 Å². The molecule has 0 unspecified atom stereocenters. The van der Waals surface area contributed by atoms with E-state index in [1.165, 1.54) is 4.68 Å². The second-order valence-corrected chi connectivity index (χ2v) is 9.08. The van der Waals surface area contributed by atoms with E-state index >= 15 is 0 Å². The molecule has 39 heavy (non-hydrogen) atoms. The Morgan fingerprint density at radius 3 is 2.46 bits per heavy atom. The molecule has 5 aromatic rings. The smallest absolute Gasteiger partial charge is 0.343 e. The van der Waals surface area contributed by atoms with Crippen molar-refractivity contribution in [2.24, 2.45) is 5.10 Å². The summed E-state index contributed by atoms with van der Waals surface area (Å²) in [6.07, 6.45) is 1.56. The van der Waals surface area contributed by atoms with Gasteiger partial charge in [-0.2, -0.15) is 9.78 Å². The normalized spacial score (nSPS) is 11.2. The number of carbonyl (C=O) groups excluding carboxylic acids is 1. The molecule has 1 aromatic heterocycles. The summed E-state index contributed by atoms with van der Waals surface area (Å²) < 4.78 is 12.7. The Kier molecular flexibility index (Phi) is 7.32. The Morgan fingerprint density at radius 2 is 1.69 bits per heavy atom.